The van der Waals surface area contributed by atoms with Crippen molar-refractivity contribution in [2.24, 2.45) is 5.92 Å². The van der Waals surface area contributed by atoms with Crippen LogP contribution in [0.2, 0.25) is 0 Å². The summed E-state index contributed by atoms with van der Waals surface area (Å²) in [6, 6.07) is 3.99. The molecule has 1 fully saturated rings. The molecule has 0 bridgehead atoms. The number of pyridine rings is 1. The van der Waals surface area contributed by atoms with E-state index in [1.165, 1.54) is 5.56 Å². The van der Waals surface area contributed by atoms with E-state index in [-0.39, 0.29) is 12.1 Å². The molecule has 1 unspecified atom stereocenters. The summed E-state index contributed by atoms with van der Waals surface area (Å²) in [5, 5.41) is 3.03. The largest absolute Gasteiger partial charge is 0.344 e. The maximum absolute atomic E-state index is 12.4. The highest BCUT2D eigenvalue weighted by atomic mass is 16.2. The van der Waals surface area contributed by atoms with Crippen LogP contribution in [0.1, 0.15) is 42.9 Å². The number of H-pyrrole nitrogens is 1. The van der Waals surface area contributed by atoms with E-state index in [2.05, 4.69) is 26.3 Å². The van der Waals surface area contributed by atoms with Gasteiger partial charge < -0.3 is 15.2 Å². The molecule has 0 spiro atoms. The maximum Gasteiger partial charge on any atom is 0.317 e. The number of amides is 2. The third-order valence-electron chi connectivity index (χ3n) is 4.62. The Morgan fingerprint density at radius 3 is 2.83 bits per heavy atom. The van der Waals surface area contributed by atoms with Gasteiger partial charge in [0, 0.05) is 37.4 Å². The average molecular weight is 327 g/mol. The molecule has 3 rings (SSSR count). The number of carbonyl (C=O) groups is 1. The predicted molar refractivity (Wildman–Crippen MR) is 92.5 cm³/mol. The molecule has 1 aliphatic heterocycles. The molecule has 24 heavy (non-hydrogen) atoms. The van der Waals surface area contributed by atoms with E-state index in [1.807, 2.05) is 31.0 Å². The molecule has 1 aliphatic rings. The Morgan fingerprint density at radius 2 is 2.21 bits per heavy atom. The Morgan fingerprint density at radius 1 is 1.42 bits per heavy atom. The van der Waals surface area contributed by atoms with Crippen LogP contribution in [0.3, 0.4) is 0 Å². The summed E-state index contributed by atoms with van der Waals surface area (Å²) in [7, 11) is 0. The van der Waals surface area contributed by atoms with Gasteiger partial charge in [0.15, 0.2) is 0 Å². The van der Waals surface area contributed by atoms with E-state index < -0.39 is 0 Å². The zero-order chi connectivity index (χ0) is 16.9. The van der Waals surface area contributed by atoms with E-state index >= 15 is 0 Å². The zero-order valence-corrected chi connectivity index (χ0v) is 14.3. The minimum Gasteiger partial charge on any atom is -0.344 e. The van der Waals surface area contributed by atoms with Gasteiger partial charge in [0.25, 0.3) is 0 Å². The number of rotatable bonds is 4. The van der Waals surface area contributed by atoms with Gasteiger partial charge in [0.2, 0.25) is 0 Å². The number of nitrogens with zero attached hydrogens (tertiary/aromatic N) is 3. The molecule has 0 radical (unpaired) electrons. The second-order valence-electron chi connectivity index (χ2n) is 6.62. The van der Waals surface area contributed by atoms with Crippen LogP contribution in [0.4, 0.5) is 4.79 Å². The fraction of sp³-hybridized carbons (Fsp3) is 0.500. The molecule has 0 saturated carbocycles. The van der Waals surface area contributed by atoms with Crippen molar-refractivity contribution in [1.29, 1.82) is 0 Å². The second-order valence-corrected chi connectivity index (χ2v) is 6.62. The van der Waals surface area contributed by atoms with Gasteiger partial charge in [-0.1, -0.05) is 6.07 Å². The first-order chi connectivity index (χ1) is 11.6. The quantitative estimate of drug-likeness (QED) is 0.907. The lowest BCUT2D eigenvalue weighted by Gasteiger charge is -2.32. The third-order valence-corrected chi connectivity index (χ3v) is 4.62. The number of imidazole rings is 1. The number of aryl methyl sites for hydroxylation is 1. The molecule has 1 atom stereocenters. The number of aromatic amines is 1. The van der Waals surface area contributed by atoms with Gasteiger partial charge in [-0.3, -0.25) is 4.98 Å². The monoisotopic (exact) mass is 327 g/mol. The highest BCUT2D eigenvalue weighted by Gasteiger charge is 2.24. The summed E-state index contributed by atoms with van der Waals surface area (Å²) in [6.45, 7) is 5.52. The van der Waals surface area contributed by atoms with Crippen molar-refractivity contribution in [1.82, 2.24) is 25.2 Å². The predicted octanol–water partition coefficient (Wildman–Crippen LogP) is 2.84. The van der Waals surface area contributed by atoms with Crippen LogP contribution >= 0.6 is 0 Å². The van der Waals surface area contributed by atoms with Crippen molar-refractivity contribution in [2.45, 2.75) is 39.2 Å². The molecule has 6 nitrogen and oxygen atoms in total. The second kappa shape index (κ2) is 7.47. The van der Waals surface area contributed by atoms with Gasteiger partial charge in [0.1, 0.15) is 5.82 Å². The number of hydrogen-bond acceptors (Lipinski definition) is 3. The Kier molecular flexibility index (Phi) is 5.13. The standard InChI is InChI=1S/C18H25N5O/c1-13-11-20-17(21-13)14(2)22-18(24)23-8-5-15(6-9-23)10-16-4-3-7-19-12-16/h3-4,7,11-12,14-15H,5-6,8-10H2,1-2H3,(H,20,21)(H,22,24). The van der Waals surface area contributed by atoms with Crippen LogP contribution in [-0.2, 0) is 6.42 Å². The normalized spacial score (nSPS) is 16.8. The highest BCUT2D eigenvalue weighted by molar-refractivity contribution is 5.74. The third kappa shape index (κ3) is 4.13. The lowest BCUT2D eigenvalue weighted by atomic mass is 9.91. The van der Waals surface area contributed by atoms with Crippen LogP contribution in [0.15, 0.2) is 30.7 Å². The fourth-order valence-corrected chi connectivity index (χ4v) is 3.19. The molecular weight excluding hydrogens is 302 g/mol. The van der Waals surface area contributed by atoms with E-state index in [1.54, 1.807) is 12.4 Å². The fourth-order valence-electron chi connectivity index (χ4n) is 3.19. The molecule has 2 aromatic heterocycles. The summed E-state index contributed by atoms with van der Waals surface area (Å²) < 4.78 is 0. The smallest absolute Gasteiger partial charge is 0.317 e. The number of nitrogens with one attached hydrogen (secondary N) is 2. The van der Waals surface area contributed by atoms with Gasteiger partial charge in [-0.2, -0.15) is 0 Å². The van der Waals surface area contributed by atoms with Crippen molar-refractivity contribution < 1.29 is 4.79 Å². The van der Waals surface area contributed by atoms with E-state index in [4.69, 9.17) is 0 Å². The summed E-state index contributed by atoms with van der Waals surface area (Å²) in [4.78, 5) is 25.9. The van der Waals surface area contributed by atoms with Crippen LogP contribution in [0, 0.1) is 12.8 Å². The van der Waals surface area contributed by atoms with E-state index in [9.17, 15) is 4.79 Å². The topological polar surface area (TPSA) is 73.9 Å². The first kappa shape index (κ1) is 16.5. The Balaban J connectivity index is 1.46. The first-order valence-electron chi connectivity index (χ1n) is 8.57. The molecule has 3 heterocycles. The minimum atomic E-state index is -0.112. The molecule has 128 valence electrons. The number of piperidine rings is 1. The van der Waals surface area contributed by atoms with E-state index in [0.29, 0.717) is 5.92 Å². The van der Waals surface area contributed by atoms with Crippen molar-refractivity contribution in [3.63, 3.8) is 0 Å². The molecule has 0 aromatic carbocycles. The van der Waals surface area contributed by atoms with Crippen molar-refractivity contribution in [2.75, 3.05) is 13.1 Å². The molecular formula is C18H25N5O. The lowest BCUT2D eigenvalue weighted by molar-refractivity contribution is 0.167. The molecule has 0 aliphatic carbocycles. The number of hydrogen-bond donors (Lipinski definition) is 2. The molecule has 6 heteroatoms. The van der Waals surface area contributed by atoms with Crippen LogP contribution in [-0.4, -0.2) is 39.0 Å². The first-order valence-corrected chi connectivity index (χ1v) is 8.57. The van der Waals surface area contributed by atoms with Gasteiger partial charge >= 0.3 is 6.03 Å². The van der Waals surface area contributed by atoms with Crippen LogP contribution in [0.5, 0.6) is 0 Å². The van der Waals surface area contributed by atoms with Gasteiger partial charge in [-0.25, -0.2) is 9.78 Å². The van der Waals surface area contributed by atoms with Crippen molar-refractivity contribution in [3.05, 3.63) is 47.8 Å². The van der Waals surface area contributed by atoms with Crippen molar-refractivity contribution in [3.8, 4) is 0 Å². The number of aromatic nitrogens is 3. The van der Waals surface area contributed by atoms with Gasteiger partial charge in [-0.05, 0) is 50.7 Å². The molecule has 2 amide bonds. The zero-order valence-electron chi connectivity index (χ0n) is 14.3. The molecule has 2 aromatic rings. The Bertz CT molecular complexity index is 661. The average Bonchev–Trinajstić information content (AvgIpc) is 3.03. The molecule has 2 N–H and O–H groups in total. The molecule has 1 saturated heterocycles. The Labute approximate surface area is 142 Å². The summed E-state index contributed by atoms with van der Waals surface area (Å²) in [5.41, 5.74) is 2.28. The Hall–Kier alpha value is -2.37. The number of likely N-dealkylation sites (tertiary alicyclic amines) is 1. The van der Waals surface area contributed by atoms with Crippen LogP contribution < -0.4 is 5.32 Å². The van der Waals surface area contributed by atoms with Crippen molar-refractivity contribution >= 4 is 6.03 Å². The maximum atomic E-state index is 12.4. The highest BCUT2D eigenvalue weighted by Crippen LogP contribution is 2.21. The summed E-state index contributed by atoms with van der Waals surface area (Å²) in [6.07, 6.45) is 8.64. The lowest BCUT2D eigenvalue weighted by Crippen LogP contribution is -2.45. The van der Waals surface area contributed by atoms with E-state index in [0.717, 1.165) is 43.9 Å². The number of urea groups is 1. The van der Waals surface area contributed by atoms with Crippen LogP contribution in [0.25, 0.3) is 0 Å². The van der Waals surface area contributed by atoms with Gasteiger partial charge in [-0.15, -0.1) is 0 Å². The van der Waals surface area contributed by atoms with Gasteiger partial charge in [0.05, 0.1) is 6.04 Å². The minimum absolute atomic E-state index is 0.00335. The SMILES string of the molecule is Cc1cnc(C(C)NC(=O)N2CCC(Cc3cccnc3)CC2)[nH]1. The summed E-state index contributed by atoms with van der Waals surface area (Å²) >= 11 is 0. The number of carbonyl (C=O) groups excluding carboxylic acids is 1. The summed E-state index contributed by atoms with van der Waals surface area (Å²) in [5.74, 6) is 1.43.